The average Bonchev–Trinajstić information content (AvgIpc) is 2.79. The molecule has 2 fully saturated rings. The molecular formula is C27H52O6. The highest BCUT2D eigenvalue weighted by Crippen LogP contribution is 2.32. The number of hydrogen-bond acceptors (Lipinski definition) is 6. The van der Waals surface area contributed by atoms with Crippen molar-refractivity contribution in [1.82, 2.24) is 0 Å². The number of ether oxygens (including phenoxy) is 4. The Kier molecular flexibility index (Phi) is 14.4. The predicted octanol–water partition coefficient (Wildman–Crippen LogP) is 5.86. The molecule has 33 heavy (non-hydrogen) atoms. The van der Waals surface area contributed by atoms with E-state index in [-0.39, 0.29) is 0 Å². The van der Waals surface area contributed by atoms with E-state index in [0.717, 1.165) is 12.8 Å². The van der Waals surface area contributed by atoms with Crippen LogP contribution in [0.25, 0.3) is 0 Å². The second-order valence-electron chi connectivity index (χ2n) is 10.5. The predicted molar refractivity (Wildman–Crippen MR) is 131 cm³/mol. The lowest BCUT2D eigenvalue weighted by molar-refractivity contribution is -0.382. The van der Waals surface area contributed by atoms with Crippen molar-refractivity contribution in [3.8, 4) is 0 Å². The molecule has 2 aliphatic rings. The summed E-state index contributed by atoms with van der Waals surface area (Å²) in [5.74, 6) is -0.785. The molecule has 0 aromatic heterocycles. The first-order valence-corrected chi connectivity index (χ1v) is 13.9. The Hall–Kier alpha value is -0.240. The van der Waals surface area contributed by atoms with E-state index in [2.05, 4.69) is 6.92 Å². The average molecular weight is 473 g/mol. The number of aliphatic hydroxyl groups is 2. The van der Waals surface area contributed by atoms with Crippen LogP contribution in [0.15, 0.2) is 0 Å². The maximum absolute atomic E-state index is 10.4. The molecule has 2 aliphatic heterocycles. The molecule has 0 bridgehead atoms. The Morgan fingerprint density at radius 3 is 1.73 bits per heavy atom. The molecular weight excluding hydrogens is 420 g/mol. The van der Waals surface area contributed by atoms with Crippen molar-refractivity contribution in [2.24, 2.45) is 0 Å². The van der Waals surface area contributed by atoms with Crippen LogP contribution in [-0.2, 0) is 18.9 Å². The van der Waals surface area contributed by atoms with Crippen molar-refractivity contribution in [2.75, 3.05) is 13.2 Å². The molecule has 0 spiro atoms. The van der Waals surface area contributed by atoms with Crippen molar-refractivity contribution in [3.05, 3.63) is 0 Å². The number of hydrogen-bond donors (Lipinski definition) is 2. The maximum Gasteiger partial charge on any atom is 0.186 e. The SMILES string of the molecule is CCCCCCCCCCCCCCCCCCO[C@@H]1O[C@@H]2COC(C)(C)O[C@H]2[C@H](O)[C@H]1O. The first-order chi connectivity index (χ1) is 15.9. The van der Waals surface area contributed by atoms with Gasteiger partial charge >= 0.3 is 0 Å². The molecule has 0 aromatic rings. The monoisotopic (exact) mass is 472 g/mol. The summed E-state index contributed by atoms with van der Waals surface area (Å²) < 4.78 is 22.9. The van der Waals surface area contributed by atoms with Gasteiger partial charge in [0.25, 0.3) is 0 Å². The largest absolute Gasteiger partial charge is 0.387 e. The van der Waals surface area contributed by atoms with Gasteiger partial charge in [-0.3, -0.25) is 0 Å². The lowest BCUT2D eigenvalue weighted by Crippen LogP contribution is -2.64. The number of unbranched alkanes of at least 4 members (excludes halogenated alkanes) is 15. The lowest BCUT2D eigenvalue weighted by atomic mass is 9.97. The molecule has 0 unspecified atom stereocenters. The molecule has 5 atom stereocenters. The van der Waals surface area contributed by atoms with Crippen LogP contribution < -0.4 is 0 Å². The third kappa shape index (κ3) is 11.4. The topological polar surface area (TPSA) is 77.4 Å². The van der Waals surface area contributed by atoms with Crippen LogP contribution in [0.2, 0.25) is 0 Å². The number of aliphatic hydroxyl groups excluding tert-OH is 2. The van der Waals surface area contributed by atoms with Crippen molar-refractivity contribution >= 4 is 0 Å². The molecule has 6 heteroatoms. The molecule has 2 saturated heterocycles. The van der Waals surface area contributed by atoms with Gasteiger partial charge in [0, 0.05) is 6.61 Å². The van der Waals surface area contributed by atoms with Crippen LogP contribution in [0.1, 0.15) is 124 Å². The van der Waals surface area contributed by atoms with E-state index in [1.807, 2.05) is 0 Å². The third-order valence-corrected chi connectivity index (χ3v) is 6.94. The summed E-state index contributed by atoms with van der Waals surface area (Å²) in [4.78, 5) is 0. The van der Waals surface area contributed by atoms with E-state index in [9.17, 15) is 10.2 Å². The highest BCUT2D eigenvalue weighted by molar-refractivity contribution is 4.93. The van der Waals surface area contributed by atoms with Crippen LogP contribution in [0.4, 0.5) is 0 Å². The molecule has 0 aromatic carbocycles. The first-order valence-electron chi connectivity index (χ1n) is 13.9. The van der Waals surface area contributed by atoms with Gasteiger partial charge in [0.1, 0.15) is 24.4 Å². The Balaban J connectivity index is 1.39. The Morgan fingerprint density at radius 1 is 0.727 bits per heavy atom. The van der Waals surface area contributed by atoms with Crippen molar-refractivity contribution < 1.29 is 29.2 Å². The summed E-state index contributed by atoms with van der Waals surface area (Å²) >= 11 is 0. The molecule has 2 N–H and O–H groups in total. The van der Waals surface area contributed by atoms with Gasteiger partial charge in [0.2, 0.25) is 0 Å². The van der Waals surface area contributed by atoms with E-state index in [4.69, 9.17) is 18.9 Å². The zero-order valence-corrected chi connectivity index (χ0v) is 21.6. The Bertz CT molecular complexity index is 483. The van der Waals surface area contributed by atoms with Crippen molar-refractivity contribution in [3.63, 3.8) is 0 Å². The smallest absolute Gasteiger partial charge is 0.186 e. The zero-order valence-electron chi connectivity index (χ0n) is 21.6. The van der Waals surface area contributed by atoms with E-state index in [1.54, 1.807) is 13.8 Å². The van der Waals surface area contributed by atoms with E-state index < -0.39 is 36.5 Å². The summed E-state index contributed by atoms with van der Waals surface area (Å²) in [5, 5.41) is 20.8. The van der Waals surface area contributed by atoms with Gasteiger partial charge in [-0.25, -0.2) is 0 Å². The summed E-state index contributed by atoms with van der Waals surface area (Å²) in [6.07, 6.45) is 17.3. The van der Waals surface area contributed by atoms with Gasteiger partial charge in [-0.1, -0.05) is 103 Å². The minimum Gasteiger partial charge on any atom is -0.387 e. The second kappa shape index (κ2) is 16.4. The number of fused-ring (bicyclic) bond motifs is 1. The van der Waals surface area contributed by atoms with Gasteiger partial charge in [-0.2, -0.15) is 0 Å². The standard InChI is InChI=1S/C27H52O6/c1-4-5-6-7-8-9-10-11-12-13-14-15-16-17-18-19-20-30-26-24(29)23(28)25-22(32-26)21-31-27(2,3)33-25/h22-26,28-29H,4-21H2,1-3H3/t22-,23-,24-,25-,26-/m1/s1. The van der Waals surface area contributed by atoms with E-state index in [0.29, 0.717) is 13.2 Å². The van der Waals surface area contributed by atoms with Gasteiger partial charge in [-0.05, 0) is 20.3 Å². The first kappa shape index (κ1) is 29.0. The fourth-order valence-electron chi connectivity index (χ4n) is 4.82. The molecule has 0 saturated carbocycles. The van der Waals surface area contributed by atoms with Gasteiger partial charge < -0.3 is 29.2 Å². The van der Waals surface area contributed by atoms with Crippen LogP contribution in [0.5, 0.6) is 0 Å². The normalized spacial score (nSPS) is 29.2. The number of rotatable bonds is 18. The molecule has 6 nitrogen and oxygen atoms in total. The Morgan fingerprint density at radius 2 is 1.21 bits per heavy atom. The van der Waals surface area contributed by atoms with Crippen LogP contribution in [0.3, 0.4) is 0 Å². The van der Waals surface area contributed by atoms with Gasteiger partial charge in [-0.15, -0.1) is 0 Å². The zero-order chi connectivity index (χ0) is 23.9. The van der Waals surface area contributed by atoms with Crippen molar-refractivity contribution in [1.29, 1.82) is 0 Å². The maximum atomic E-state index is 10.4. The summed E-state index contributed by atoms with van der Waals surface area (Å²) in [5.41, 5.74) is 0. The van der Waals surface area contributed by atoms with Crippen LogP contribution >= 0.6 is 0 Å². The highest BCUT2D eigenvalue weighted by atomic mass is 16.8. The van der Waals surface area contributed by atoms with Gasteiger partial charge in [0.15, 0.2) is 12.1 Å². The summed E-state index contributed by atoms with van der Waals surface area (Å²) in [7, 11) is 0. The molecule has 0 amide bonds. The fourth-order valence-corrected chi connectivity index (χ4v) is 4.82. The van der Waals surface area contributed by atoms with E-state index in [1.165, 1.54) is 89.9 Å². The van der Waals surface area contributed by atoms with Crippen LogP contribution in [0, 0.1) is 0 Å². The molecule has 0 aliphatic carbocycles. The van der Waals surface area contributed by atoms with E-state index >= 15 is 0 Å². The summed E-state index contributed by atoms with van der Waals surface area (Å²) in [6, 6.07) is 0. The molecule has 196 valence electrons. The summed E-state index contributed by atoms with van der Waals surface area (Å²) in [6.45, 7) is 6.71. The van der Waals surface area contributed by atoms with Crippen LogP contribution in [-0.4, -0.2) is 59.9 Å². The minimum absolute atomic E-state index is 0.320. The second-order valence-corrected chi connectivity index (χ2v) is 10.5. The highest BCUT2D eigenvalue weighted by Gasteiger charge is 2.50. The quantitative estimate of drug-likeness (QED) is 0.243. The molecule has 2 heterocycles. The minimum atomic E-state index is -1.11. The fraction of sp³-hybridized carbons (Fsp3) is 1.00. The third-order valence-electron chi connectivity index (χ3n) is 6.94. The lowest BCUT2D eigenvalue weighted by Gasteiger charge is -2.48. The van der Waals surface area contributed by atoms with Crippen molar-refractivity contribution in [2.45, 2.75) is 160 Å². The Labute approximate surface area is 202 Å². The van der Waals surface area contributed by atoms with Gasteiger partial charge in [0.05, 0.1) is 6.61 Å². The molecule has 2 rings (SSSR count). The molecule has 0 radical (unpaired) electrons.